The maximum absolute atomic E-state index is 6.51. The fourth-order valence-electron chi connectivity index (χ4n) is 7.94. The molecule has 234 valence electrons. The Morgan fingerprint density at radius 1 is 0.340 bits per heavy atom. The van der Waals surface area contributed by atoms with Crippen molar-refractivity contribution >= 4 is 0 Å². The van der Waals surface area contributed by atoms with E-state index in [9.17, 15) is 0 Å². The fourth-order valence-corrected chi connectivity index (χ4v) is 7.94. The monoisotopic (exact) mass is 638 g/mol. The molecule has 0 saturated heterocycles. The Morgan fingerprint density at radius 2 is 0.800 bits per heavy atom. The second-order valence-electron chi connectivity index (χ2n) is 12.9. The number of aromatic nitrogens is 2. The number of nitrogens with zero attached hydrogens (tertiary/aromatic N) is 2. The van der Waals surface area contributed by atoms with Crippen LogP contribution in [-0.2, 0) is 5.41 Å². The fraction of sp³-hybridized carbons (Fsp3) is 0.0213. The first-order valence-corrected chi connectivity index (χ1v) is 17.0. The van der Waals surface area contributed by atoms with Crippen LogP contribution in [0.3, 0.4) is 0 Å². The first-order valence-electron chi connectivity index (χ1n) is 17.0. The Hall–Kier alpha value is -6.58. The second-order valence-corrected chi connectivity index (χ2v) is 12.9. The third-order valence-electron chi connectivity index (χ3n) is 10.2. The predicted molar refractivity (Wildman–Crippen MR) is 201 cm³/mol. The summed E-state index contributed by atoms with van der Waals surface area (Å²) in [5.74, 6) is 2.47. The van der Waals surface area contributed by atoms with Gasteiger partial charge in [0.2, 0.25) is 0 Å². The van der Waals surface area contributed by atoms with E-state index in [4.69, 9.17) is 14.7 Å². The number of hydrogen-bond acceptors (Lipinski definition) is 3. The first-order chi connectivity index (χ1) is 24.8. The summed E-state index contributed by atoms with van der Waals surface area (Å²) in [6.45, 7) is 0. The Morgan fingerprint density at radius 3 is 1.46 bits per heavy atom. The summed E-state index contributed by atoms with van der Waals surface area (Å²) in [4.78, 5) is 10.4. The van der Waals surface area contributed by atoms with Gasteiger partial charge in [0.25, 0.3) is 0 Å². The zero-order valence-corrected chi connectivity index (χ0v) is 27.1. The third-order valence-corrected chi connectivity index (χ3v) is 10.2. The number of rotatable bonds is 4. The predicted octanol–water partition coefficient (Wildman–Crippen LogP) is 11.6. The van der Waals surface area contributed by atoms with Crippen LogP contribution >= 0.6 is 0 Å². The van der Waals surface area contributed by atoms with Gasteiger partial charge >= 0.3 is 0 Å². The van der Waals surface area contributed by atoms with Crippen LogP contribution in [0.2, 0.25) is 0 Å². The summed E-state index contributed by atoms with van der Waals surface area (Å²) >= 11 is 0. The number of hydrogen-bond donors (Lipinski definition) is 0. The zero-order chi connectivity index (χ0) is 33.1. The molecule has 1 aromatic heterocycles. The minimum atomic E-state index is -0.506. The van der Waals surface area contributed by atoms with Crippen LogP contribution in [-0.4, -0.2) is 9.97 Å². The minimum Gasteiger partial charge on any atom is -0.457 e. The van der Waals surface area contributed by atoms with Crippen LogP contribution in [0.1, 0.15) is 22.3 Å². The summed E-state index contributed by atoms with van der Waals surface area (Å²) in [5, 5.41) is 0. The van der Waals surface area contributed by atoms with Crippen molar-refractivity contribution in [3.63, 3.8) is 0 Å². The van der Waals surface area contributed by atoms with Crippen LogP contribution in [0.5, 0.6) is 11.5 Å². The smallest absolute Gasteiger partial charge is 0.160 e. The van der Waals surface area contributed by atoms with Gasteiger partial charge in [-0.1, -0.05) is 158 Å². The molecule has 10 rings (SSSR count). The number of para-hydroxylation sites is 2. The molecule has 2 heterocycles. The van der Waals surface area contributed by atoms with Gasteiger partial charge in [0.05, 0.1) is 16.8 Å². The lowest BCUT2D eigenvalue weighted by atomic mass is 9.66. The highest BCUT2D eigenvalue weighted by Gasteiger charge is 2.50. The molecule has 7 aromatic carbocycles. The molecule has 0 saturated carbocycles. The quantitative estimate of drug-likeness (QED) is 0.192. The topological polar surface area (TPSA) is 35.0 Å². The normalized spacial score (nSPS) is 13.1. The van der Waals surface area contributed by atoms with Crippen LogP contribution in [0.15, 0.2) is 182 Å². The van der Waals surface area contributed by atoms with Gasteiger partial charge in [-0.2, -0.15) is 0 Å². The molecule has 2 aliphatic rings. The van der Waals surface area contributed by atoms with Crippen molar-refractivity contribution in [2.75, 3.05) is 0 Å². The second kappa shape index (κ2) is 11.3. The molecule has 0 fully saturated rings. The largest absolute Gasteiger partial charge is 0.457 e. The van der Waals surface area contributed by atoms with E-state index in [1.54, 1.807) is 0 Å². The van der Waals surface area contributed by atoms with Gasteiger partial charge in [0, 0.05) is 27.8 Å². The highest BCUT2D eigenvalue weighted by Crippen LogP contribution is 2.62. The van der Waals surface area contributed by atoms with E-state index in [2.05, 4.69) is 170 Å². The van der Waals surface area contributed by atoms with Crippen LogP contribution in [0.25, 0.3) is 56.2 Å². The van der Waals surface area contributed by atoms with Gasteiger partial charge in [0.15, 0.2) is 5.82 Å². The molecule has 3 heteroatoms. The van der Waals surface area contributed by atoms with E-state index in [1.807, 2.05) is 12.1 Å². The molecular weight excluding hydrogens is 609 g/mol. The molecule has 0 bridgehead atoms. The molecule has 0 atom stereocenters. The van der Waals surface area contributed by atoms with Crippen LogP contribution in [0, 0.1) is 0 Å². The van der Waals surface area contributed by atoms with Gasteiger partial charge < -0.3 is 4.74 Å². The number of ether oxygens (including phenoxy) is 1. The maximum atomic E-state index is 6.51. The molecular formula is C47H30N2O. The lowest BCUT2D eigenvalue weighted by Gasteiger charge is -2.39. The van der Waals surface area contributed by atoms with Crippen molar-refractivity contribution in [1.29, 1.82) is 0 Å². The summed E-state index contributed by atoms with van der Waals surface area (Å²) in [6.07, 6.45) is 0. The molecule has 0 radical (unpaired) electrons. The third kappa shape index (κ3) is 4.30. The van der Waals surface area contributed by atoms with Crippen molar-refractivity contribution in [2.45, 2.75) is 5.41 Å². The standard InChI is InChI=1S/C47H30N2O/c1-3-13-31(14-4-1)32-23-25-34(26-24-32)43-30-42(33-15-5-2-6-16-33)48-46(49-43)35-27-28-39-37(29-35)36-17-7-8-18-38(36)47(39)40-19-9-11-21-44(40)50-45-22-12-10-20-41(45)47/h1-30H. The van der Waals surface area contributed by atoms with Crippen molar-refractivity contribution < 1.29 is 4.74 Å². The van der Waals surface area contributed by atoms with Crippen molar-refractivity contribution in [3.05, 3.63) is 204 Å². The molecule has 1 aliphatic heterocycles. The summed E-state index contributed by atoms with van der Waals surface area (Å²) in [5.41, 5.74) is 13.9. The van der Waals surface area contributed by atoms with Crippen molar-refractivity contribution in [3.8, 4) is 67.7 Å². The van der Waals surface area contributed by atoms with E-state index in [-0.39, 0.29) is 0 Å². The molecule has 0 N–H and O–H groups in total. The van der Waals surface area contributed by atoms with Crippen LogP contribution < -0.4 is 4.74 Å². The Balaban J connectivity index is 1.16. The molecule has 1 spiro atoms. The summed E-state index contributed by atoms with van der Waals surface area (Å²) < 4.78 is 6.51. The molecule has 50 heavy (non-hydrogen) atoms. The van der Waals surface area contributed by atoms with Crippen LogP contribution in [0.4, 0.5) is 0 Å². The lowest BCUT2D eigenvalue weighted by molar-refractivity contribution is 0.436. The van der Waals surface area contributed by atoms with E-state index in [0.717, 1.165) is 50.7 Å². The Bertz CT molecular complexity index is 2510. The molecule has 0 unspecified atom stereocenters. The number of benzene rings is 7. The zero-order valence-electron chi connectivity index (χ0n) is 27.1. The van der Waals surface area contributed by atoms with E-state index < -0.39 is 5.41 Å². The SMILES string of the molecule is c1ccc(-c2ccc(-c3cc(-c4ccccc4)nc(-c4ccc5c(c4)-c4ccccc4C54c5ccccc5Oc5ccccc54)n3)cc2)cc1. The molecule has 8 aromatic rings. The lowest BCUT2D eigenvalue weighted by Crippen LogP contribution is -2.32. The van der Waals surface area contributed by atoms with E-state index in [0.29, 0.717) is 5.82 Å². The van der Waals surface area contributed by atoms with E-state index in [1.165, 1.54) is 33.4 Å². The maximum Gasteiger partial charge on any atom is 0.160 e. The minimum absolute atomic E-state index is 0.506. The highest BCUT2D eigenvalue weighted by atomic mass is 16.5. The highest BCUT2D eigenvalue weighted by molar-refractivity contribution is 5.90. The van der Waals surface area contributed by atoms with Gasteiger partial charge in [0.1, 0.15) is 11.5 Å². The Labute approximate surface area is 291 Å². The molecule has 0 amide bonds. The average Bonchev–Trinajstić information content (AvgIpc) is 3.48. The van der Waals surface area contributed by atoms with Gasteiger partial charge in [-0.15, -0.1) is 0 Å². The van der Waals surface area contributed by atoms with Crippen molar-refractivity contribution in [1.82, 2.24) is 9.97 Å². The average molecular weight is 639 g/mol. The van der Waals surface area contributed by atoms with E-state index >= 15 is 0 Å². The van der Waals surface area contributed by atoms with Crippen molar-refractivity contribution in [2.24, 2.45) is 0 Å². The Kier molecular flexibility index (Phi) is 6.40. The summed E-state index contributed by atoms with van der Waals surface area (Å²) in [6, 6.07) is 64.1. The summed E-state index contributed by atoms with van der Waals surface area (Å²) in [7, 11) is 0. The van der Waals surface area contributed by atoms with Gasteiger partial charge in [-0.3, -0.25) is 0 Å². The molecule has 3 nitrogen and oxygen atoms in total. The molecule has 1 aliphatic carbocycles. The first kappa shape index (κ1) is 28.4. The van der Waals surface area contributed by atoms with Gasteiger partial charge in [-0.05, 0) is 57.6 Å². The number of fused-ring (bicyclic) bond motifs is 9. The van der Waals surface area contributed by atoms with Gasteiger partial charge in [-0.25, -0.2) is 9.97 Å².